The molecular formula is C22H32N4O5. The van der Waals surface area contributed by atoms with E-state index < -0.39 is 6.16 Å². The number of hydrogen-bond acceptors (Lipinski definition) is 8. The third kappa shape index (κ3) is 4.71. The Balaban J connectivity index is 1.29. The Hall–Kier alpha value is -2.55. The first-order valence-corrected chi connectivity index (χ1v) is 11.2. The minimum Gasteiger partial charge on any atom is -0.450 e. The van der Waals surface area contributed by atoms with Gasteiger partial charge in [0.25, 0.3) is 0 Å². The molecule has 2 saturated heterocycles. The third-order valence-corrected chi connectivity index (χ3v) is 6.59. The van der Waals surface area contributed by atoms with Gasteiger partial charge in [0.2, 0.25) is 0 Å². The molecule has 170 valence electrons. The van der Waals surface area contributed by atoms with Crippen LogP contribution in [0.2, 0.25) is 0 Å². The Bertz CT molecular complexity index is 790. The zero-order valence-electron chi connectivity index (χ0n) is 18.4. The van der Waals surface area contributed by atoms with Gasteiger partial charge in [0.05, 0.1) is 13.2 Å². The molecule has 1 amide bonds. The van der Waals surface area contributed by atoms with E-state index in [4.69, 9.17) is 14.2 Å². The van der Waals surface area contributed by atoms with Crippen LogP contribution in [-0.4, -0.2) is 85.6 Å². The van der Waals surface area contributed by atoms with Crippen molar-refractivity contribution in [3.8, 4) is 5.75 Å². The molecule has 4 rings (SSSR count). The Kier molecular flexibility index (Phi) is 6.50. The van der Waals surface area contributed by atoms with Crippen LogP contribution < -0.4 is 9.64 Å². The highest BCUT2D eigenvalue weighted by Gasteiger charge is 2.51. The molecule has 9 heteroatoms. The summed E-state index contributed by atoms with van der Waals surface area (Å²) in [5, 5.41) is 0. The number of carbonyl (C=O) groups excluding carboxylic acids is 2. The molecule has 31 heavy (non-hydrogen) atoms. The zero-order valence-corrected chi connectivity index (χ0v) is 18.4. The van der Waals surface area contributed by atoms with Crippen molar-refractivity contribution in [2.24, 2.45) is 5.41 Å². The first-order valence-electron chi connectivity index (χ1n) is 11.2. The number of hydrogen-bond donors (Lipinski definition) is 0. The normalized spacial score (nSPS) is 22.8. The molecule has 1 aromatic heterocycles. The van der Waals surface area contributed by atoms with Gasteiger partial charge in [-0.15, -0.1) is 0 Å². The number of likely N-dealkylation sites (tertiary alicyclic amines) is 1. The highest BCUT2D eigenvalue weighted by atomic mass is 16.7. The van der Waals surface area contributed by atoms with Crippen molar-refractivity contribution in [1.82, 2.24) is 14.8 Å². The predicted octanol–water partition coefficient (Wildman–Crippen LogP) is 2.75. The lowest BCUT2D eigenvalue weighted by Gasteiger charge is -2.48. The fourth-order valence-electron chi connectivity index (χ4n) is 5.12. The van der Waals surface area contributed by atoms with Crippen LogP contribution in [0, 0.1) is 5.41 Å². The second kappa shape index (κ2) is 9.30. The molecule has 2 aliphatic heterocycles. The van der Waals surface area contributed by atoms with Gasteiger partial charge in [-0.2, -0.15) is 0 Å². The van der Waals surface area contributed by atoms with Gasteiger partial charge in [-0.1, -0.05) is 0 Å². The van der Waals surface area contributed by atoms with Crippen LogP contribution >= 0.6 is 0 Å². The van der Waals surface area contributed by atoms with Crippen molar-refractivity contribution >= 4 is 18.1 Å². The number of nitrogens with zero attached hydrogens (tertiary/aromatic N) is 4. The molecule has 0 bridgehead atoms. The van der Waals surface area contributed by atoms with Gasteiger partial charge in [-0.25, -0.2) is 14.6 Å². The third-order valence-electron chi connectivity index (χ3n) is 6.59. The number of aromatic nitrogens is 1. The smallest absolute Gasteiger partial charge is 0.450 e. The van der Waals surface area contributed by atoms with Gasteiger partial charge in [-0.05, 0) is 45.2 Å². The van der Waals surface area contributed by atoms with E-state index in [2.05, 4.69) is 14.8 Å². The lowest BCUT2D eigenvalue weighted by molar-refractivity contribution is -0.00295. The van der Waals surface area contributed by atoms with Crippen LogP contribution in [0.15, 0.2) is 18.3 Å². The maximum atomic E-state index is 11.9. The molecule has 0 aromatic carbocycles. The molecule has 1 aliphatic carbocycles. The largest absolute Gasteiger partial charge is 0.513 e. The number of ether oxygens (including phenoxy) is 3. The van der Waals surface area contributed by atoms with E-state index >= 15 is 0 Å². The van der Waals surface area contributed by atoms with Crippen molar-refractivity contribution in [2.75, 3.05) is 57.4 Å². The van der Waals surface area contributed by atoms with E-state index in [1.54, 1.807) is 25.3 Å². The topological polar surface area (TPSA) is 84.4 Å². The van der Waals surface area contributed by atoms with E-state index in [9.17, 15) is 9.59 Å². The van der Waals surface area contributed by atoms with Gasteiger partial charge in [0.1, 0.15) is 0 Å². The summed E-state index contributed by atoms with van der Waals surface area (Å²) in [6.45, 7) is 9.48. The molecule has 1 unspecified atom stereocenters. The Labute approximate surface area is 183 Å². The predicted molar refractivity (Wildman–Crippen MR) is 114 cm³/mol. The average Bonchev–Trinajstić information content (AvgIpc) is 3.20. The summed E-state index contributed by atoms with van der Waals surface area (Å²) in [6.07, 6.45) is 4.32. The van der Waals surface area contributed by atoms with E-state index in [1.807, 2.05) is 11.8 Å². The summed E-state index contributed by atoms with van der Waals surface area (Å²) in [4.78, 5) is 34.6. The summed E-state index contributed by atoms with van der Waals surface area (Å²) in [7, 11) is 0. The average molecular weight is 433 g/mol. The van der Waals surface area contributed by atoms with Crippen molar-refractivity contribution in [3.05, 3.63) is 18.3 Å². The number of amides is 1. The molecule has 9 nitrogen and oxygen atoms in total. The second-order valence-corrected chi connectivity index (χ2v) is 8.58. The lowest BCUT2D eigenvalue weighted by atomic mass is 9.78. The van der Waals surface area contributed by atoms with Crippen molar-refractivity contribution in [3.63, 3.8) is 0 Å². The molecular weight excluding hydrogens is 400 g/mol. The molecule has 0 N–H and O–H groups in total. The van der Waals surface area contributed by atoms with E-state index in [0.29, 0.717) is 24.2 Å². The highest BCUT2D eigenvalue weighted by molar-refractivity contribution is 5.69. The second-order valence-electron chi connectivity index (χ2n) is 8.58. The van der Waals surface area contributed by atoms with Crippen LogP contribution in [0.4, 0.5) is 15.4 Å². The molecule has 3 fully saturated rings. The van der Waals surface area contributed by atoms with Crippen LogP contribution in [0.3, 0.4) is 0 Å². The first-order chi connectivity index (χ1) is 15.0. The van der Waals surface area contributed by atoms with Gasteiger partial charge in [-0.3, -0.25) is 4.90 Å². The Morgan fingerprint density at radius 3 is 2.58 bits per heavy atom. The maximum absolute atomic E-state index is 11.9. The summed E-state index contributed by atoms with van der Waals surface area (Å²) in [6, 6.07) is 4.06. The summed E-state index contributed by atoms with van der Waals surface area (Å²) >= 11 is 0. The van der Waals surface area contributed by atoms with Crippen molar-refractivity contribution < 1.29 is 23.8 Å². The summed E-state index contributed by atoms with van der Waals surface area (Å²) in [5.41, 5.74) is 0.274. The fraction of sp³-hybridized carbons (Fsp3) is 0.682. The molecule has 1 atom stereocenters. The van der Waals surface area contributed by atoms with Crippen molar-refractivity contribution in [2.45, 2.75) is 39.2 Å². The molecule has 0 radical (unpaired) electrons. The van der Waals surface area contributed by atoms with Gasteiger partial charge >= 0.3 is 12.2 Å². The standard InChI is InChI=1S/C22H32N4O5/c1-3-29-20(27)26-15-22(16-26)8-7-17(14-22)24-10-12-25(13-11-24)19-18(6-5-9-23-19)31-21(28)30-4-2/h5-6,9,17H,3-4,7-8,10-16H2,1-2H3. The van der Waals surface area contributed by atoms with E-state index in [0.717, 1.165) is 45.7 Å². The number of rotatable bonds is 5. The van der Waals surface area contributed by atoms with Crippen LogP contribution in [0.25, 0.3) is 0 Å². The number of piperazine rings is 1. The maximum Gasteiger partial charge on any atom is 0.513 e. The van der Waals surface area contributed by atoms with E-state index in [1.165, 1.54) is 12.8 Å². The van der Waals surface area contributed by atoms with E-state index in [-0.39, 0.29) is 18.1 Å². The summed E-state index contributed by atoms with van der Waals surface area (Å²) in [5.74, 6) is 1.12. The van der Waals surface area contributed by atoms with Gasteiger partial charge in [0, 0.05) is 56.9 Å². The van der Waals surface area contributed by atoms with Crippen molar-refractivity contribution in [1.29, 1.82) is 0 Å². The molecule has 3 aliphatic rings. The zero-order chi connectivity index (χ0) is 21.8. The fourth-order valence-corrected chi connectivity index (χ4v) is 5.12. The minimum absolute atomic E-state index is 0.179. The first kappa shape index (κ1) is 21.7. The minimum atomic E-state index is -0.705. The molecule has 3 heterocycles. The van der Waals surface area contributed by atoms with Crippen LogP contribution in [0.5, 0.6) is 5.75 Å². The van der Waals surface area contributed by atoms with Crippen LogP contribution in [0.1, 0.15) is 33.1 Å². The monoisotopic (exact) mass is 432 g/mol. The van der Waals surface area contributed by atoms with Gasteiger partial charge < -0.3 is 24.0 Å². The molecule has 1 aromatic rings. The Morgan fingerprint density at radius 2 is 1.87 bits per heavy atom. The number of anilines is 1. The summed E-state index contributed by atoms with van der Waals surface area (Å²) < 4.78 is 15.4. The molecule has 1 spiro atoms. The molecule has 1 saturated carbocycles. The number of carbonyl (C=O) groups is 2. The SMILES string of the molecule is CCOC(=O)Oc1cccnc1N1CCN(C2CCC3(C2)CN(C(=O)OCC)C3)CC1. The highest BCUT2D eigenvalue weighted by Crippen LogP contribution is 2.47. The van der Waals surface area contributed by atoms with Gasteiger partial charge in [0.15, 0.2) is 11.6 Å². The number of pyridine rings is 1. The van der Waals surface area contributed by atoms with Crippen LogP contribution in [-0.2, 0) is 9.47 Å². The quantitative estimate of drug-likeness (QED) is 0.657. The lowest BCUT2D eigenvalue weighted by Crippen LogP contribution is -2.58. The Morgan fingerprint density at radius 1 is 1.13 bits per heavy atom.